The minimum atomic E-state index is 0.666. The second-order valence-corrected chi connectivity index (χ2v) is 5.72. The second-order valence-electron chi connectivity index (χ2n) is 3.75. The molecule has 2 N–H and O–H groups in total. The highest BCUT2D eigenvalue weighted by Crippen LogP contribution is 2.27. The molecule has 0 atom stereocenters. The van der Waals surface area contributed by atoms with Crippen molar-refractivity contribution < 1.29 is 4.74 Å². The van der Waals surface area contributed by atoms with Crippen LogP contribution in [0.2, 0.25) is 0 Å². The largest absolute Gasteiger partial charge is 0.393 e. The van der Waals surface area contributed by atoms with Crippen LogP contribution in [0.25, 0.3) is 0 Å². The number of nitrogens with two attached hydrogens (primary N) is 1. The molecule has 86 valence electrons. The molecule has 1 fully saturated rings. The topological polar surface area (TPSA) is 35.2 Å². The Morgan fingerprint density at radius 3 is 2.80 bits per heavy atom. The Hall–Kier alpha value is 0.0700. The lowest BCUT2D eigenvalue weighted by Crippen LogP contribution is -2.15. The van der Waals surface area contributed by atoms with Gasteiger partial charge >= 0.3 is 0 Å². The first-order chi connectivity index (χ1) is 7.18. The van der Waals surface area contributed by atoms with E-state index in [4.69, 9.17) is 10.5 Å². The standard InChI is InChI=1S/C11H18BrNOS/c1-9(15-8-11(12)13)2-3-10-4-6-14-7-5-10/h8,10H,1-7,13H2/b11-8-. The third kappa shape index (κ3) is 6.28. The highest BCUT2D eigenvalue weighted by Gasteiger charge is 2.13. The van der Waals surface area contributed by atoms with Gasteiger partial charge in [0.25, 0.3) is 0 Å². The summed E-state index contributed by atoms with van der Waals surface area (Å²) in [6.45, 7) is 5.88. The third-order valence-corrected chi connectivity index (χ3v) is 3.95. The van der Waals surface area contributed by atoms with Crippen LogP contribution < -0.4 is 5.73 Å². The fourth-order valence-electron chi connectivity index (χ4n) is 1.60. The number of hydrogen-bond donors (Lipinski definition) is 1. The zero-order chi connectivity index (χ0) is 11.1. The molecule has 0 spiro atoms. The Bertz CT molecular complexity index is 233. The zero-order valence-electron chi connectivity index (χ0n) is 8.88. The molecule has 1 aliphatic rings. The Balaban J connectivity index is 2.13. The summed E-state index contributed by atoms with van der Waals surface area (Å²) in [5.41, 5.74) is 5.48. The van der Waals surface area contributed by atoms with Crippen molar-refractivity contribution in [3.8, 4) is 0 Å². The van der Waals surface area contributed by atoms with Crippen LogP contribution in [0.15, 0.2) is 21.5 Å². The van der Waals surface area contributed by atoms with Gasteiger partial charge in [-0.3, -0.25) is 0 Å². The molecular weight excluding hydrogens is 274 g/mol. The van der Waals surface area contributed by atoms with E-state index in [-0.39, 0.29) is 0 Å². The van der Waals surface area contributed by atoms with E-state index in [0.717, 1.165) is 25.6 Å². The van der Waals surface area contributed by atoms with Crippen LogP contribution in [0.1, 0.15) is 25.7 Å². The summed E-state index contributed by atoms with van der Waals surface area (Å²) in [6.07, 6.45) is 4.71. The van der Waals surface area contributed by atoms with Crippen molar-refractivity contribution in [3.63, 3.8) is 0 Å². The van der Waals surface area contributed by atoms with Crippen molar-refractivity contribution >= 4 is 27.7 Å². The molecule has 0 amide bonds. The molecule has 0 aromatic rings. The van der Waals surface area contributed by atoms with Crippen LogP contribution in [0.4, 0.5) is 0 Å². The van der Waals surface area contributed by atoms with Crippen LogP contribution in [0, 0.1) is 5.92 Å². The number of thioether (sulfide) groups is 1. The normalized spacial score (nSPS) is 19.1. The molecule has 0 radical (unpaired) electrons. The van der Waals surface area contributed by atoms with E-state index in [1.807, 2.05) is 5.41 Å². The van der Waals surface area contributed by atoms with Gasteiger partial charge in [-0.2, -0.15) is 0 Å². The molecule has 1 saturated heterocycles. The quantitative estimate of drug-likeness (QED) is 0.786. The Kier molecular flexibility index (Phi) is 6.45. The summed E-state index contributed by atoms with van der Waals surface area (Å²) < 4.78 is 5.99. The average Bonchev–Trinajstić information content (AvgIpc) is 2.25. The van der Waals surface area contributed by atoms with E-state index >= 15 is 0 Å². The van der Waals surface area contributed by atoms with Crippen LogP contribution >= 0.6 is 27.7 Å². The molecule has 0 aromatic heterocycles. The molecule has 4 heteroatoms. The van der Waals surface area contributed by atoms with Crippen molar-refractivity contribution in [2.75, 3.05) is 13.2 Å². The van der Waals surface area contributed by atoms with Gasteiger partial charge in [-0.1, -0.05) is 6.58 Å². The van der Waals surface area contributed by atoms with Crippen molar-refractivity contribution in [1.82, 2.24) is 0 Å². The van der Waals surface area contributed by atoms with E-state index in [1.54, 1.807) is 11.8 Å². The van der Waals surface area contributed by atoms with Crippen LogP contribution in [0.5, 0.6) is 0 Å². The average molecular weight is 292 g/mol. The molecule has 0 aliphatic carbocycles. The van der Waals surface area contributed by atoms with E-state index < -0.39 is 0 Å². The van der Waals surface area contributed by atoms with Crippen molar-refractivity contribution in [2.24, 2.45) is 11.7 Å². The fourth-order valence-corrected chi connectivity index (χ4v) is 2.39. The Labute approximate surface area is 104 Å². The molecule has 1 rings (SSSR count). The molecule has 1 heterocycles. The SMILES string of the molecule is C=C(CCC1CCOCC1)S/C=C(\N)Br. The van der Waals surface area contributed by atoms with Crippen LogP contribution in [-0.2, 0) is 4.74 Å². The molecule has 0 bridgehead atoms. The predicted molar refractivity (Wildman–Crippen MR) is 70.7 cm³/mol. The third-order valence-electron chi connectivity index (χ3n) is 2.51. The molecular formula is C11H18BrNOS. The van der Waals surface area contributed by atoms with Gasteiger partial charge < -0.3 is 10.5 Å². The lowest BCUT2D eigenvalue weighted by molar-refractivity contribution is 0.0642. The van der Waals surface area contributed by atoms with Crippen molar-refractivity contribution in [3.05, 3.63) is 21.5 Å². The van der Waals surface area contributed by atoms with Gasteiger partial charge in [0.1, 0.15) is 0 Å². The Morgan fingerprint density at radius 2 is 2.20 bits per heavy atom. The molecule has 0 aromatic carbocycles. The molecule has 1 aliphatic heterocycles. The van der Waals surface area contributed by atoms with Crippen molar-refractivity contribution in [2.45, 2.75) is 25.7 Å². The maximum atomic E-state index is 5.48. The summed E-state index contributed by atoms with van der Waals surface area (Å²) in [4.78, 5) is 1.18. The van der Waals surface area contributed by atoms with Gasteiger partial charge in [0.05, 0.1) is 4.61 Å². The minimum absolute atomic E-state index is 0.666. The van der Waals surface area contributed by atoms with Gasteiger partial charge in [-0.25, -0.2) is 0 Å². The van der Waals surface area contributed by atoms with Gasteiger partial charge in [-0.05, 0) is 52.4 Å². The molecule has 15 heavy (non-hydrogen) atoms. The first kappa shape index (κ1) is 13.1. The lowest BCUT2D eigenvalue weighted by Gasteiger charge is -2.21. The molecule has 2 nitrogen and oxygen atoms in total. The van der Waals surface area contributed by atoms with Gasteiger partial charge in [0.2, 0.25) is 0 Å². The van der Waals surface area contributed by atoms with Crippen LogP contribution in [-0.4, -0.2) is 13.2 Å². The van der Waals surface area contributed by atoms with Crippen molar-refractivity contribution in [1.29, 1.82) is 0 Å². The monoisotopic (exact) mass is 291 g/mol. The lowest BCUT2D eigenvalue weighted by atomic mass is 9.95. The van der Waals surface area contributed by atoms with E-state index in [9.17, 15) is 0 Å². The smallest absolute Gasteiger partial charge is 0.0821 e. The minimum Gasteiger partial charge on any atom is -0.393 e. The number of halogens is 1. The summed E-state index contributed by atoms with van der Waals surface area (Å²) in [5, 5.41) is 1.88. The first-order valence-corrected chi connectivity index (χ1v) is 6.89. The molecule has 0 unspecified atom stereocenters. The van der Waals surface area contributed by atoms with Gasteiger partial charge in [0.15, 0.2) is 0 Å². The maximum Gasteiger partial charge on any atom is 0.0821 e. The zero-order valence-corrected chi connectivity index (χ0v) is 11.3. The number of allylic oxidation sites excluding steroid dienone is 1. The summed E-state index contributed by atoms with van der Waals surface area (Å²) in [6, 6.07) is 0. The summed E-state index contributed by atoms with van der Waals surface area (Å²) in [5.74, 6) is 0.821. The number of hydrogen-bond acceptors (Lipinski definition) is 3. The van der Waals surface area contributed by atoms with Gasteiger partial charge in [-0.15, -0.1) is 11.8 Å². The highest BCUT2D eigenvalue weighted by atomic mass is 79.9. The van der Waals surface area contributed by atoms with E-state index in [2.05, 4.69) is 22.5 Å². The van der Waals surface area contributed by atoms with E-state index in [1.165, 1.54) is 24.2 Å². The number of rotatable bonds is 5. The van der Waals surface area contributed by atoms with Gasteiger partial charge in [0, 0.05) is 18.6 Å². The maximum absolute atomic E-state index is 5.48. The van der Waals surface area contributed by atoms with E-state index in [0.29, 0.717) is 4.61 Å². The highest BCUT2D eigenvalue weighted by molar-refractivity contribution is 9.11. The Morgan fingerprint density at radius 1 is 1.53 bits per heavy atom. The summed E-state index contributed by atoms with van der Waals surface area (Å²) >= 11 is 4.80. The second kappa shape index (κ2) is 7.36. The molecule has 0 saturated carbocycles. The summed E-state index contributed by atoms with van der Waals surface area (Å²) in [7, 11) is 0. The van der Waals surface area contributed by atoms with Crippen LogP contribution in [0.3, 0.4) is 0 Å². The first-order valence-electron chi connectivity index (χ1n) is 5.22. The number of ether oxygens (including phenoxy) is 1. The predicted octanol–water partition coefficient (Wildman–Crippen LogP) is 3.59. The fraction of sp³-hybridized carbons (Fsp3) is 0.636.